The van der Waals surface area contributed by atoms with Crippen LogP contribution in [0.2, 0.25) is 10.0 Å². The van der Waals surface area contributed by atoms with Crippen LogP contribution in [0.15, 0.2) is 41.9 Å². The van der Waals surface area contributed by atoms with Gasteiger partial charge < -0.3 is 9.88 Å². The van der Waals surface area contributed by atoms with Gasteiger partial charge in [0, 0.05) is 30.7 Å². The Bertz CT molecular complexity index is 966. The van der Waals surface area contributed by atoms with Crippen molar-refractivity contribution in [2.24, 2.45) is 0 Å². The van der Waals surface area contributed by atoms with E-state index in [0.29, 0.717) is 10.2 Å². The van der Waals surface area contributed by atoms with Gasteiger partial charge in [0.2, 0.25) is 5.91 Å². The van der Waals surface area contributed by atoms with Crippen LogP contribution in [-0.2, 0) is 11.3 Å². The average Bonchev–Trinajstić information content (AvgIpc) is 3.07. The number of amides is 1. The molecule has 3 rings (SSSR count). The molecule has 1 atom stereocenters. The first-order chi connectivity index (χ1) is 13.5. The number of carbonyl (C=O) groups is 1. The normalized spacial score (nSPS) is 12.0. The van der Waals surface area contributed by atoms with E-state index in [4.69, 9.17) is 23.2 Å². The van der Waals surface area contributed by atoms with E-state index < -0.39 is 5.25 Å². The second kappa shape index (κ2) is 9.36. The first-order valence-corrected chi connectivity index (χ1v) is 10.2. The molecule has 10 heteroatoms. The van der Waals surface area contributed by atoms with Gasteiger partial charge in [0.1, 0.15) is 0 Å². The number of hydrogen-bond donors (Lipinski definition) is 1. The molecule has 1 amide bonds. The third kappa shape index (κ3) is 4.81. The van der Waals surface area contributed by atoms with Crippen LogP contribution < -0.4 is 5.32 Å². The van der Waals surface area contributed by atoms with E-state index in [1.165, 1.54) is 24.0 Å². The second-order valence-corrected chi connectivity index (χ2v) is 8.08. The maximum Gasteiger partial charge on any atom is 0.238 e. The molecule has 7 nitrogen and oxygen atoms in total. The molecule has 0 fully saturated rings. The molecule has 0 saturated heterocycles. The van der Waals surface area contributed by atoms with E-state index in [9.17, 15) is 4.79 Å². The van der Waals surface area contributed by atoms with E-state index >= 15 is 0 Å². The number of rotatable bonds is 7. The molecule has 0 aliphatic rings. The summed E-state index contributed by atoms with van der Waals surface area (Å²) in [7, 11) is 0. The van der Waals surface area contributed by atoms with Gasteiger partial charge in [-0.05, 0) is 31.5 Å². The van der Waals surface area contributed by atoms with Crippen LogP contribution in [0.1, 0.15) is 20.3 Å². The molecule has 0 spiro atoms. The maximum atomic E-state index is 12.6. The van der Waals surface area contributed by atoms with Crippen molar-refractivity contribution in [1.82, 2.24) is 24.7 Å². The van der Waals surface area contributed by atoms with E-state index in [2.05, 4.69) is 32.4 Å². The van der Waals surface area contributed by atoms with Crippen LogP contribution in [0.4, 0.5) is 5.82 Å². The smallest absolute Gasteiger partial charge is 0.238 e. The number of halogens is 2. The van der Waals surface area contributed by atoms with Gasteiger partial charge in [-0.3, -0.25) is 9.78 Å². The molecule has 3 aromatic heterocycles. The quantitative estimate of drug-likeness (QED) is 0.545. The molecule has 0 radical (unpaired) electrons. The summed E-state index contributed by atoms with van der Waals surface area (Å²) in [5.74, 6) is 0.788. The third-order valence-corrected chi connectivity index (χ3v) is 5.38. The van der Waals surface area contributed by atoms with Gasteiger partial charge in [-0.25, -0.2) is 4.98 Å². The second-order valence-electron chi connectivity index (χ2n) is 5.93. The van der Waals surface area contributed by atoms with Crippen molar-refractivity contribution in [2.75, 3.05) is 5.32 Å². The van der Waals surface area contributed by atoms with Crippen molar-refractivity contribution < 1.29 is 4.79 Å². The molecule has 1 unspecified atom stereocenters. The largest absolute Gasteiger partial charge is 0.308 e. The molecule has 0 aromatic carbocycles. The summed E-state index contributed by atoms with van der Waals surface area (Å²) in [6, 6.07) is 5.30. The Labute approximate surface area is 176 Å². The van der Waals surface area contributed by atoms with Gasteiger partial charge in [-0.1, -0.05) is 41.9 Å². The van der Waals surface area contributed by atoms with E-state index in [-0.39, 0.29) is 16.7 Å². The van der Waals surface area contributed by atoms with Crippen molar-refractivity contribution in [3.63, 3.8) is 0 Å². The summed E-state index contributed by atoms with van der Waals surface area (Å²) in [6.45, 7) is 4.61. The molecular weight excluding hydrogens is 419 g/mol. The highest BCUT2D eigenvalue weighted by molar-refractivity contribution is 8.00. The summed E-state index contributed by atoms with van der Waals surface area (Å²) in [6.07, 6.45) is 5.77. The average molecular weight is 437 g/mol. The molecule has 0 saturated carbocycles. The molecule has 1 N–H and O–H groups in total. The van der Waals surface area contributed by atoms with E-state index in [0.717, 1.165) is 24.4 Å². The number of nitrogens with zero attached hydrogens (tertiary/aromatic N) is 5. The predicted molar refractivity (Wildman–Crippen MR) is 112 cm³/mol. The van der Waals surface area contributed by atoms with Gasteiger partial charge in [0.25, 0.3) is 0 Å². The summed E-state index contributed by atoms with van der Waals surface area (Å²) in [4.78, 5) is 20.7. The minimum absolute atomic E-state index is 0.238. The van der Waals surface area contributed by atoms with E-state index in [1.807, 2.05) is 16.7 Å². The number of anilines is 1. The topological polar surface area (TPSA) is 85.6 Å². The van der Waals surface area contributed by atoms with Crippen molar-refractivity contribution in [2.45, 2.75) is 37.2 Å². The van der Waals surface area contributed by atoms with E-state index in [1.54, 1.807) is 19.3 Å². The minimum Gasteiger partial charge on any atom is -0.308 e. The number of pyridine rings is 2. The van der Waals surface area contributed by atoms with Crippen molar-refractivity contribution in [1.29, 1.82) is 0 Å². The number of aromatic nitrogens is 5. The summed E-state index contributed by atoms with van der Waals surface area (Å²) in [5, 5.41) is 12.2. The summed E-state index contributed by atoms with van der Waals surface area (Å²) < 4.78 is 2.01. The zero-order valence-corrected chi connectivity index (χ0v) is 17.6. The lowest BCUT2D eigenvalue weighted by Crippen LogP contribution is -2.23. The van der Waals surface area contributed by atoms with Crippen molar-refractivity contribution in [3.05, 3.63) is 46.8 Å². The molecular formula is C18H18Cl2N6OS. The SMILES string of the molecule is CCCn1c(SC(C)C(=O)Nc2ncc(Cl)cc2Cl)nnc1-c1ccncc1. The Morgan fingerprint density at radius 3 is 2.71 bits per heavy atom. The molecule has 0 bridgehead atoms. The zero-order valence-electron chi connectivity index (χ0n) is 15.3. The fourth-order valence-corrected chi connectivity index (χ4v) is 3.75. The highest BCUT2D eigenvalue weighted by Gasteiger charge is 2.21. The van der Waals surface area contributed by atoms with Crippen LogP contribution in [-0.4, -0.2) is 35.9 Å². The standard InChI is InChI=1S/C18H18Cl2N6OS/c1-3-8-26-16(12-4-6-21-7-5-12)24-25-18(26)28-11(2)17(27)23-15-14(20)9-13(19)10-22-15/h4-7,9-11H,3,8H2,1-2H3,(H,22,23,27). The number of carbonyl (C=O) groups excluding carboxylic acids is 1. The fourth-order valence-electron chi connectivity index (χ4n) is 2.45. The molecule has 3 aromatic rings. The minimum atomic E-state index is -0.432. The monoisotopic (exact) mass is 436 g/mol. The van der Waals surface area contributed by atoms with Crippen LogP contribution in [0.3, 0.4) is 0 Å². The van der Waals surface area contributed by atoms with Gasteiger partial charge in [0.05, 0.1) is 15.3 Å². The van der Waals surface area contributed by atoms with Gasteiger partial charge >= 0.3 is 0 Å². The Morgan fingerprint density at radius 2 is 2.04 bits per heavy atom. The Kier molecular flexibility index (Phi) is 6.88. The number of nitrogens with one attached hydrogen (secondary N) is 1. The highest BCUT2D eigenvalue weighted by atomic mass is 35.5. The van der Waals surface area contributed by atoms with Crippen molar-refractivity contribution >= 4 is 46.7 Å². The lowest BCUT2D eigenvalue weighted by atomic mass is 10.2. The lowest BCUT2D eigenvalue weighted by molar-refractivity contribution is -0.115. The Balaban J connectivity index is 1.77. The summed E-state index contributed by atoms with van der Waals surface area (Å²) >= 11 is 13.2. The lowest BCUT2D eigenvalue weighted by Gasteiger charge is -2.13. The Morgan fingerprint density at radius 1 is 1.29 bits per heavy atom. The molecule has 0 aliphatic heterocycles. The number of hydrogen-bond acceptors (Lipinski definition) is 6. The molecule has 0 aliphatic carbocycles. The van der Waals surface area contributed by atoms with Crippen LogP contribution in [0.5, 0.6) is 0 Å². The predicted octanol–water partition coefficient (Wildman–Crippen LogP) is 4.57. The van der Waals surface area contributed by atoms with Crippen molar-refractivity contribution in [3.8, 4) is 11.4 Å². The zero-order chi connectivity index (χ0) is 20.1. The molecule has 3 heterocycles. The van der Waals surface area contributed by atoms with Crippen LogP contribution >= 0.6 is 35.0 Å². The fraction of sp³-hybridized carbons (Fsp3) is 0.278. The number of thioether (sulfide) groups is 1. The molecule has 146 valence electrons. The van der Waals surface area contributed by atoms with Crippen LogP contribution in [0.25, 0.3) is 11.4 Å². The van der Waals surface area contributed by atoms with Gasteiger partial charge in [0.15, 0.2) is 16.8 Å². The summed E-state index contributed by atoms with van der Waals surface area (Å²) in [5.41, 5.74) is 0.928. The van der Waals surface area contributed by atoms with Gasteiger partial charge in [-0.2, -0.15) is 0 Å². The Hall–Kier alpha value is -2.16. The highest BCUT2D eigenvalue weighted by Crippen LogP contribution is 2.28. The maximum absolute atomic E-state index is 12.6. The first kappa shape index (κ1) is 20.6. The molecule has 28 heavy (non-hydrogen) atoms. The first-order valence-electron chi connectivity index (χ1n) is 8.61. The van der Waals surface area contributed by atoms with Crippen LogP contribution in [0, 0.1) is 0 Å². The van der Waals surface area contributed by atoms with Gasteiger partial charge in [-0.15, -0.1) is 10.2 Å². The third-order valence-electron chi connectivity index (χ3n) is 3.80.